The topological polar surface area (TPSA) is 79.2 Å². The molecule has 0 spiro atoms. The Bertz CT molecular complexity index is 939. The number of esters is 1. The number of piperidine rings is 2. The molecule has 0 saturated carbocycles. The Kier molecular flexibility index (Phi) is 6.47. The lowest BCUT2D eigenvalue weighted by atomic mass is 9.84. The summed E-state index contributed by atoms with van der Waals surface area (Å²) in [6.07, 6.45) is 7.92. The molecule has 2 fully saturated rings. The number of hydrogen-bond donors (Lipinski definition) is 2. The van der Waals surface area contributed by atoms with Crippen LogP contribution in [0.15, 0.2) is 48.5 Å². The molecule has 2 aliphatic heterocycles. The monoisotopic (exact) mass is 423 g/mol. The predicted octanol–water partition coefficient (Wildman–Crippen LogP) is 4.42. The number of carbonyl (C=O) groups excluding carboxylic acids is 1. The molecule has 3 atom stereocenters. The number of benzene rings is 2. The number of phenols is 2. The number of phenolic OH excluding ortho intramolecular Hbond substituents is 2. The quantitative estimate of drug-likeness (QED) is 0.547. The number of methoxy groups -OCH3 is 1. The predicted molar refractivity (Wildman–Crippen MR) is 118 cm³/mol. The van der Waals surface area contributed by atoms with Crippen LogP contribution in [0.4, 0.5) is 0 Å². The van der Waals surface area contributed by atoms with Gasteiger partial charge in [0.25, 0.3) is 0 Å². The Balaban J connectivity index is 1.47. The summed E-state index contributed by atoms with van der Waals surface area (Å²) in [6, 6.07) is 12.7. The van der Waals surface area contributed by atoms with Crippen LogP contribution in [-0.2, 0) is 9.53 Å². The Hall–Kier alpha value is -2.99. The summed E-state index contributed by atoms with van der Waals surface area (Å²) in [4.78, 5) is 15.0. The maximum atomic E-state index is 12.5. The van der Waals surface area contributed by atoms with Gasteiger partial charge in [-0.1, -0.05) is 24.6 Å². The van der Waals surface area contributed by atoms with Crippen molar-refractivity contribution in [2.45, 2.75) is 50.3 Å². The van der Waals surface area contributed by atoms with E-state index in [9.17, 15) is 15.0 Å². The fraction of sp³-hybridized carbons (Fsp3) is 0.400. The van der Waals surface area contributed by atoms with Crippen LogP contribution in [0.3, 0.4) is 0 Å². The first-order valence-corrected chi connectivity index (χ1v) is 10.8. The van der Waals surface area contributed by atoms with Gasteiger partial charge in [0.15, 0.2) is 11.5 Å². The van der Waals surface area contributed by atoms with Crippen molar-refractivity contribution in [1.29, 1.82) is 0 Å². The Morgan fingerprint density at radius 3 is 2.65 bits per heavy atom. The molecule has 6 nitrogen and oxygen atoms in total. The molecule has 2 aromatic carbocycles. The maximum Gasteiger partial charge on any atom is 0.331 e. The second kappa shape index (κ2) is 9.43. The Morgan fingerprint density at radius 1 is 1.10 bits per heavy atom. The highest BCUT2D eigenvalue weighted by atomic mass is 16.5. The number of rotatable bonds is 5. The van der Waals surface area contributed by atoms with Crippen molar-refractivity contribution in [1.82, 2.24) is 4.90 Å². The molecule has 31 heavy (non-hydrogen) atoms. The molecule has 6 heteroatoms. The highest BCUT2D eigenvalue weighted by molar-refractivity contribution is 5.87. The van der Waals surface area contributed by atoms with Gasteiger partial charge in [0.05, 0.1) is 7.11 Å². The van der Waals surface area contributed by atoms with Gasteiger partial charge in [-0.05, 0) is 60.9 Å². The normalized spacial score (nSPS) is 24.0. The molecule has 2 saturated heterocycles. The van der Waals surface area contributed by atoms with Gasteiger partial charge < -0.3 is 19.7 Å². The SMILES string of the molecule is COc1ccc([C@@H]2C[C@@H](OC(=O)C=Cc3ccc(O)cc3)C[C@@H]3CCCCN32)cc1O. The lowest BCUT2D eigenvalue weighted by molar-refractivity contribution is -0.148. The van der Waals surface area contributed by atoms with E-state index in [-0.39, 0.29) is 29.6 Å². The summed E-state index contributed by atoms with van der Waals surface area (Å²) in [5, 5.41) is 19.6. The summed E-state index contributed by atoms with van der Waals surface area (Å²) < 4.78 is 11.0. The first-order chi connectivity index (χ1) is 15.0. The molecule has 0 amide bonds. The number of fused-ring (bicyclic) bond motifs is 1. The van der Waals surface area contributed by atoms with Crippen molar-refractivity contribution < 1.29 is 24.5 Å². The number of hydrogen-bond acceptors (Lipinski definition) is 6. The second-order valence-corrected chi connectivity index (χ2v) is 8.29. The van der Waals surface area contributed by atoms with Crippen LogP contribution in [0.5, 0.6) is 17.2 Å². The summed E-state index contributed by atoms with van der Waals surface area (Å²) in [7, 11) is 1.54. The van der Waals surface area contributed by atoms with Gasteiger partial charge in [-0.25, -0.2) is 4.79 Å². The van der Waals surface area contributed by atoms with Crippen LogP contribution in [0.25, 0.3) is 6.08 Å². The molecule has 164 valence electrons. The largest absolute Gasteiger partial charge is 0.508 e. The van der Waals surface area contributed by atoms with E-state index in [2.05, 4.69) is 4.90 Å². The zero-order valence-electron chi connectivity index (χ0n) is 17.7. The van der Waals surface area contributed by atoms with E-state index in [0.717, 1.165) is 36.9 Å². The van der Waals surface area contributed by atoms with E-state index in [0.29, 0.717) is 18.2 Å². The molecule has 2 N–H and O–H groups in total. The summed E-state index contributed by atoms with van der Waals surface area (Å²) in [5.41, 5.74) is 1.84. The fourth-order valence-corrected chi connectivity index (χ4v) is 4.76. The third-order valence-electron chi connectivity index (χ3n) is 6.27. The smallest absolute Gasteiger partial charge is 0.331 e. The van der Waals surface area contributed by atoms with Gasteiger partial charge in [0.1, 0.15) is 11.9 Å². The molecule has 0 bridgehead atoms. The molecule has 4 rings (SSSR count). The van der Waals surface area contributed by atoms with Crippen molar-refractivity contribution in [3.63, 3.8) is 0 Å². The molecular weight excluding hydrogens is 394 g/mol. The Labute approximate surface area is 182 Å². The van der Waals surface area contributed by atoms with E-state index in [4.69, 9.17) is 9.47 Å². The number of ether oxygens (including phenoxy) is 2. The van der Waals surface area contributed by atoms with Crippen LogP contribution >= 0.6 is 0 Å². The number of carbonyl (C=O) groups is 1. The van der Waals surface area contributed by atoms with E-state index >= 15 is 0 Å². The fourth-order valence-electron chi connectivity index (χ4n) is 4.76. The van der Waals surface area contributed by atoms with Gasteiger partial charge in [0, 0.05) is 31.0 Å². The van der Waals surface area contributed by atoms with Crippen LogP contribution in [-0.4, -0.2) is 46.9 Å². The second-order valence-electron chi connectivity index (χ2n) is 8.29. The molecule has 0 unspecified atom stereocenters. The molecule has 2 heterocycles. The lowest BCUT2D eigenvalue weighted by Crippen LogP contribution is -2.49. The Morgan fingerprint density at radius 2 is 1.90 bits per heavy atom. The minimum Gasteiger partial charge on any atom is -0.508 e. The van der Waals surface area contributed by atoms with Gasteiger partial charge in [-0.2, -0.15) is 0 Å². The first kappa shape index (κ1) is 21.2. The van der Waals surface area contributed by atoms with E-state index < -0.39 is 0 Å². The highest BCUT2D eigenvalue weighted by Gasteiger charge is 2.39. The minimum absolute atomic E-state index is 0.0923. The van der Waals surface area contributed by atoms with Crippen molar-refractivity contribution in [2.24, 2.45) is 0 Å². The van der Waals surface area contributed by atoms with Gasteiger partial charge in [-0.3, -0.25) is 4.90 Å². The van der Waals surface area contributed by atoms with Crippen LogP contribution in [0.2, 0.25) is 0 Å². The summed E-state index contributed by atoms with van der Waals surface area (Å²) in [6.45, 7) is 1.02. The zero-order chi connectivity index (χ0) is 21.8. The van der Waals surface area contributed by atoms with E-state index in [1.54, 1.807) is 42.5 Å². The lowest BCUT2D eigenvalue weighted by Gasteiger charge is -2.47. The van der Waals surface area contributed by atoms with E-state index in [1.165, 1.54) is 19.6 Å². The van der Waals surface area contributed by atoms with Crippen molar-refractivity contribution in [3.05, 3.63) is 59.7 Å². The highest BCUT2D eigenvalue weighted by Crippen LogP contribution is 2.41. The third-order valence-corrected chi connectivity index (χ3v) is 6.27. The molecule has 2 aliphatic rings. The van der Waals surface area contributed by atoms with Gasteiger partial charge >= 0.3 is 5.97 Å². The molecule has 0 aliphatic carbocycles. The maximum absolute atomic E-state index is 12.5. The first-order valence-electron chi connectivity index (χ1n) is 10.8. The van der Waals surface area contributed by atoms with Crippen LogP contribution < -0.4 is 4.74 Å². The average Bonchev–Trinajstić information content (AvgIpc) is 2.78. The van der Waals surface area contributed by atoms with Crippen molar-refractivity contribution >= 4 is 12.0 Å². The standard InChI is InChI=1S/C25H29NO5/c1-30-24-11-8-18(14-23(24)28)22-16-21(15-19-4-2-3-13-26(19)22)31-25(29)12-7-17-5-9-20(27)10-6-17/h5-12,14,19,21-22,27-28H,2-4,13,15-16H2,1H3/t19-,21-,22-/m0/s1. The minimum atomic E-state index is -0.362. The van der Waals surface area contributed by atoms with Gasteiger partial charge in [-0.15, -0.1) is 0 Å². The average molecular weight is 424 g/mol. The van der Waals surface area contributed by atoms with Crippen molar-refractivity contribution in [3.8, 4) is 17.2 Å². The zero-order valence-corrected chi connectivity index (χ0v) is 17.7. The molecular formula is C25H29NO5. The van der Waals surface area contributed by atoms with Crippen LogP contribution in [0, 0.1) is 0 Å². The molecule has 2 aromatic rings. The summed E-state index contributed by atoms with van der Waals surface area (Å²) in [5.74, 6) is 0.412. The van der Waals surface area contributed by atoms with Crippen molar-refractivity contribution in [2.75, 3.05) is 13.7 Å². The van der Waals surface area contributed by atoms with E-state index in [1.807, 2.05) is 6.07 Å². The van der Waals surface area contributed by atoms with Gasteiger partial charge in [0.2, 0.25) is 0 Å². The number of aromatic hydroxyl groups is 2. The molecule has 0 radical (unpaired) electrons. The third kappa shape index (κ3) is 5.02. The number of nitrogens with zero attached hydrogens (tertiary/aromatic N) is 1. The van der Waals surface area contributed by atoms with Crippen LogP contribution in [0.1, 0.15) is 49.3 Å². The summed E-state index contributed by atoms with van der Waals surface area (Å²) >= 11 is 0. The molecule has 0 aromatic heterocycles.